The van der Waals surface area contributed by atoms with Crippen LogP contribution in [0.15, 0.2) is 0 Å². The molecule has 1 radical (unpaired) electrons. The Morgan fingerprint density at radius 2 is 2.08 bits per heavy atom. The van der Waals surface area contributed by atoms with Crippen molar-refractivity contribution < 1.29 is 9.90 Å². The molecule has 5 heteroatoms. The van der Waals surface area contributed by atoms with Crippen LogP contribution >= 0.6 is 0 Å². The van der Waals surface area contributed by atoms with E-state index in [0.29, 0.717) is 13.0 Å². The fraction of sp³-hybridized carbons (Fsp3) is 0.714. The van der Waals surface area contributed by atoms with Crippen LogP contribution in [-0.2, 0) is 4.79 Å². The minimum atomic E-state index is -0.765. The summed E-state index contributed by atoms with van der Waals surface area (Å²) in [6.45, 7) is 0.523. The Morgan fingerprint density at radius 1 is 1.42 bits per heavy atom. The molecule has 0 bridgehead atoms. The summed E-state index contributed by atoms with van der Waals surface area (Å²) in [5, 5.41) is 18.7. The summed E-state index contributed by atoms with van der Waals surface area (Å²) in [5.41, 5.74) is 4.98. The van der Waals surface area contributed by atoms with E-state index < -0.39 is 5.97 Å². The lowest BCUT2D eigenvalue weighted by atomic mass is 10.2. The smallest absolute Gasteiger partial charge is 0.303 e. The van der Waals surface area contributed by atoms with E-state index in [1.807, 2.05) is 0 Å². The lowest BCUT2D eigenvalue weighted by Crippen LogP contribution is -2.24. The number of carbonyl (C=O) groups is 1. The van der Waals surface area contributed by atoms with Crippen LogP contribution in [0.3, 0.4) is 0 Å². The lowest BCUT2D eigenvalue weighted by molar-refractivity contribution is -0.137. The number of carboxylic acid groups (broad SMARTS) is 1. The Balaban J connectivity index is 3.01. The molecule has 0 saturated heterocycles. The molecule has 0 aliphatic carbocycles. The molecular weight excluding hydrogens is 158 g/mol. The molecule has 0 unspecified atom stereocenters. The van der Waals surface area contributed by atoms with Crippen molar-refractivity contribution in [1.29, 1.82) is 5.41 Å². The molecule has 0 atom stereocenters. The Hall–Kier alpha value is -1.26. The first-order valence-electron chi connectivity index (χ1n) is 3.86. The molecule has 12 heavy (non-hydrogen) atoms. The van der Waals surface area contributed by atoms with Gasteiger partial charge in [-0.2, -0.15) is 0 Å². The molecule has 0 amide bonds. The minimum Gasteiger partial charge on any atom is -0.481 e. The molecule has 0 spiro atoms. The van der Waals surface area contributed by atoms with Gasteiger partial charge < -0.3 is 10.8 Å². The zero-order chi connectivity index (χ0) is 9.40. The van der Waals surface area contributed by atoms with Crippen LogP contribution in [0.5, 0.6) is 0 Å². The van der Waals surface area contributed by atoms with Gasteiger partial charge in [-0.3, -0.25) is 15.5 Å². The first-order valence-corrected chi connectivity index (χ1v) is 3.86. The maximum absolute atomic E-state index is 10.1. The van der Waals surface area contributed by atoms with Crippen molar-refractivity contribution in [1.82, 2.24) is 5.32 Å². The molecule has 0 fully saturated rings. The average Bonchev–Trinajstić information content (AvgIpc) is 1.95. The number of rotatable bonds is 6. The van der Waals surface area contributed by atoms with Crippen molar-refractivity contribution in [3.05, 3.63) is 0 Å². The van der Waals surface area contributed by atoms with Gasteiger partial charge in [-0.05, 0) is 12.8 Å². The van der Waals surface area contributed by atoms with E-state index in [0.717, 1.165) is 12.8 Å². The van der Waals surface area contributed by atoms with Crippen LogP contribution in [0.25, 0.3) is 0 Å². The number of hydrogen-bond acceptors (Lipinski definition) is 2. The van der Waals surface area contributed by atoms with Gasteiger partial charge in [-0.1, -0.05) is 6.42 Å². The number of nitrogens with one attached hydrogen (secondary N) is 1. The fourth-order valence-corrected chi connectivity index (χ4v) is 0.764. The Bertz CT molecular complexity index is 141. The second-order valence-corrected chi connectivity index (χ2v) is 2.47. The second-order valence-electron chi connectivity index (χ2n) is 2.47. The van der Waals surface area contributed by atoms with E-state index in [1.54, 1.807) is 0 Å². The summed E-state index contributed by atoms with van der Waals surface area (Å²) in [7, 11) is 0. The molecule has 0 aromatic carbocycles. The third-order valence-corrected chi connectivity index (χ3v) is 1.33. The summed E-state index contributed by atoms with van der Waals surface area (Å²) < 4.78 is 0. The third kappa shape index (κ3) is 8.74. The predicted molar refractivity (Wildman–Crippen MR) is 45.0 cm³/mol. The number of guanidine groups is 1. The van der Waals surface area contributed by atoms with Gasteiger partial charge in [0.15, 0.2) is 0 Å². The van der Waals surface area contributed by atoms with Crippen molar-refractivity contribution in [2.24, 2.45) is 5.73 Å². The van der Waals surface area contributed by atoms with Crippen LogP contribution in [0.4, 0.5) is 0 Å². The average molecular weight is 172 g/mol. The maximum Gasteiger partial charge on any atom is 0.303 e. The van der Waals surface area contributed by atoms with Gasteiger partial charge in [0, 0.05) is 13.0 Å². The van der Waals surface area contributed by atoms with E-state index in [9.17, 15) is 4.79 Å². The zero-order valence-electron chi connectivity index (χ0n) is 6.92. The SMILES string of the molecule is N=C(N)[N]CCCCCC(=O)O. The number of aliphatic carboxylic acids is 1. The molecule has 0 aliphatic heterocycles. The molecule has 0 rings (SSSR count). The fourth-order valence-electron chi connectivity index (χ4n) is 0.764. The van der Waals surface area contributed by atoms with E-state index >= 15 is 0 Å². The number of nitrogens with zero attached hydrogens (tertiary/aromatic N) is 1. The molecule has 0 heterocycles. The highest BCUT2D eigenvalue weighted by Gasteiger charge is 1.96. The van der Waals surface area contributed by atoms with Gasteiger partial charge in [0.1, 0.15) is 0 Å². The van der Waals surface area contributed by atoms with E-state index in [-0.39, 0.29) is 12.4 Å². The maximum atomic E-state index is 10.1. The molecule has 5 nitrogen and oxygen atoms in total. The largest absolute Gasteiger partial charge is 0.481 e. The molecule has 0 saturated carbocycles. The lowest BCUT2D eigenvalue weighted by Gasteiger charge is -1.98. The summed E-state index contributed by atoms with van der Waals surface area (Å²) in [4.78, 5) is 10.1. The zero-order valence-corrected chi connectivity index (χ0v) is 6.92. The molecule has 0 aromatic rings. The summed E-state index contributed by atoms with van der Waals surface area (Å²) in [6, 6.07) is 0. The van der Waals surface area contributed by atoms with E-state index in [4.69, 9.17) is 16.2 Å². The van der Waals surface area contributed by atoms with Gasteiger partial charge in [-0.15, -0.1) is 0 Å². The number of hydrogen-bond donors (Lipinski definition) is 3. The van der Waals surface area contributed by atoms with Crippen molar-refractivity contribution in [2.45, 2.75) is 25.7 Å². The van der Waals surface area contributed by atoms with Crippen LogP contribution in [0.2, 0.25) is 0 Å². The molecule has 0 aliphatic rings. The number of carboxylic acids is 1. The molecule has 69 valence electrons. The minimum absolute atomic E-state index is 0.159. The first-order chi connectivity index (χ1) is 5.63. The Morgan fingerprint density at radius 3 is 2.58 bits per heavy atom. The Labute approximate surface area is 71.5 Å². The predicted octanol–water partition coefficient (Wildman–Crippen LogP) is 0.129. The highest BCUT2D eigenvalue weighted by atomic mass is 16.4. The van der Waals surface area contributed by atoms with Gasteiger partial charge in [0.2, 0.25) is 5.96 Å². The summed E-state index contributed by atoms with van der Waals surface area (Å²) in [6.07, 6.45) is 2.50. The van der Waals surface area contributed by atoms with E-state index in [2.05, 4.69) is 5.32 Å². The van der Waals surface area contributed by atoms with Crippen LogP contribution < -0.4 is 11.1 Å². The van der Waals surface area contributed by atoms with Crippen LogP contribution in [0, 0.1) is 5.41 Å². The van der Waals surface area contributed by atoms with Crippen molar-refractivity contribution in [3.63, 3.8) is 0 Å². The van der Waals surface area contributed by atoms with Gasteiger partial charge >= 0.3 is 5.97 Å². The van der Waals surface area contributed by atoms with Gasteiger partial charge in [0.05, 0.1) is 0 Å². The Kier molecular flexibility index (Phi) is 5.77. The van der Waals surface area contributed by atoms with Crippen LogP contribution in [0.1, 0.15) is 25.7 Å². The highest BCUT2D eigenvalue weighted by Crippen LogP contribution is 1.98. The molecule has 0 aromatic heterocycles. The number of nitrogens with two attached hydrogens (primary N) is 1. The quantitative estimate of drug-likeness (QED) is 0.301. The molecule has 4 N–H and O–H groups in total. The normalized spacial score (nSPS) is 9.33. The summed E-state index contributed by atoms with van der Waals surface area (Å²) >= 11 is 0. The van der Waals surface area contributed by atoms with Gasteiger partial charge in [0.25, 0.3) is 0 Å². The van der Waals surface area contributed by atoms with Crippen molar-refractivity contribution in [2.75, 3.05) is 6.54 Å². The van der Waals surface area contributed by atoms with E-state index in [1.165, 1.54) is 0 Å². The topological polar surface area (TPSA) is 101 Å². The van der Waals surface area contributed by atoms with Crippen molar-refractivity contribution >= 4 is 11.9 Å². The number of unbranched alkanes of at least 4 members (excludes halogenated alkanes) is 2. The third-order valence-electron chi connectivity index (χ3n) is 1.33. The second kappa shape index (κ2) is 6.45. The first kappa shape index (κ1) is 10.7. The van der Waals surface area contributed by atoms with Crippen molar-refractivity contribution in [3.8, 4) is 0 Å². The standard InChI is InChI=1S/C7H14N3O2/c8-7(9)10-5-3-1-2-4-6(11)12/h1-5H2,(H3,8,9)(H,11,12). The van der Waals surface area contributed by atoms with Crippen LogP contribution in [-0.4, -0.2) is 23.6 Å². The molecular formula is C7H14N3O2. The highest BCUT2D eigenvalue weighted by molar-refractivity contribution is 5.73. The summed E-state index contributed by atoms with van der Waals surface area (Å²) in [5.74, 6) is -0.924. The van der Waals surface area contributed by atoms with Gasteiger partial charge in [-0.25, -0.2) is 0 Å². The monoisotopic (exact) mass is 172 g/mol.